The number of amides is 3. The van der Waals surface area contributed by atoms with Crippen LogP contribution in [0.15, 0.2) is 30.5 Å². The van der Waals surface area contributed by atoms with E-state index in [9.17, 15) is 14.4 Å². The molecule has 1 aliphatic heterocycles. The minimum Gasteiger partial charge on any atom is -0.347 e. The van der Waals surface area contributed by atoms with Gasteiger partial charge in [-0.3, -0.25) is 14.4 Å². The summed E-state index contributed by atoms with van der Waals surface area (Å²) in [7, 11) is 0. The molecule has 1 atom stereocenters. The summed E-state index contributed by atoms with van der Waals surface area (Å²) in [6, 6.07) is 6.93. The molecule has 1 fully saturated rings. The highest BCUT2D eigenvalue weighted by Gasteiger charge is 2.29. The molecular formula is C22H29N5O3S. The molecule has 1 saturated heterocycles. The number of aromatic nitrogens is 1. The predicted octanol–water partition coefficient (Wildman–Crippen LogP) is 3.44. The lowest BCUT2D eigenvalue weighted by molar-refractivity contribution is -0.135. The van der Waals surface area contributed by atoms with E-state index in [0.29, 0.717) is 22.8 Å². The lowest BCUT2D eigenvalue weighted by Gasteiger charge is -2.34. The van der Waals surface area contributed by atoms with Crippen molar-refractivity contribution >= 4 is 45.6 Å². The van der Waals surface area contributed by atoms with Crippen molar-refractivity contribution in [3.05, 3.63) is 35.3 Å². The van der Waals surface area contributed by atoms with Crippen LogP contribution in [0, 0.1) is 5.92 Å². The van der Waals surface area contributed by atoms with Gasteiger partial charge in [-0.15, -0.1) is 0 Å². The maximum atomic E-state index is 12.7. The van der Waals surface area contributed by atoms with Crippen molar-refractivity contribution in [2.24, 2.45) is 5.92 Å². The first-order valence-electron chi connectivity index (χ1n) is 10.6. The van der Waals surface area contributed by atoms with E-state index in [1.54, 1.807) is 30.5 Å². The first-order chi connectivity index (χ1) is 14.9. The van der Waals surface area contributed by atoms with E-state index in [4.69, 9.17) is 0 Å². The van der Waals surface area contributed by atoms with Gasteiger partial charge in [0.2, 0.25) is 11.8 Å². The molecule has 3 rings (SSSR count). The zero-order chi connectivity index (χ0) is 22.4. The maximum Gasteiger partial charge on any atom is 0.267 e. The van der Waals surface area contributed by atoms with Gasteiger partial charge in [-0.2, -0.15) is 0 Å². The molecule has 2 aromatic rings. The highest BCUT2D eigenvalue weighted by molar-refractivity contribution is 7.17. The molecule has 0 saturated carbocycles. The number of hydrogen-bond acceptors (Lipinski definition) is 6. The fourth-order valence-corrected chi connectivity index (χ4v) is 4.54. The highest BCUT2D eigenvalue weighted by Crippen LogP contribution is 2.29. The van der Waals surface area contributed by atoms with Gasteiger partial charge in [0.25, 0.3) is 5.91 Å². The normalized spacial score (nSPS) is 16.0. The largest absolute Gasteiger partial charge is 0.347 e. The molecule has 0 radical (unpaired) electrons. The number of piperidine rings is 1. The molecule has 1 aromatic heterocycles. The lowest BCUT2D eigenvalue weighted by Crippen LogP contribution is -2.44. The average Bonchev–Trinajstić information content (AvgIpc) is 3.26. The minimum atomic E-state index is -0.233. The number of benzene rings is 1. The zero-order valence-electron chi connectivity index (χ0n) is 18.2. The zero-order valence-corrected chi connectivity index (χ0v) is 19.0. The monoisotopic (exact) mass is 443 g/mol. The molecule has 1 aliphatic rings. The van der Waals surface area contributed by atoms with Crippen LogP contribution < -0.4 is 15.5 Å². The number of carbonyl (C=O) groups excluding carboxylic acids is 3. The number of nitrogens with zero attached hydrogens (tertiary/aromatic N) is 3. The van der Waals surface area contributed by atoms with Gasteiger partial charge in [-0.25, -0.2) is 4.98 Å². The van der Waals surface area contributed by atoms with Gasteiger partial charge in [-0.05, 0) is 51.0 Å². The Labute approximate surface area is 186 Å². The van der Waals surface area contributed by atoms with Crippen molar-refractivity contribution in [3.8, 4) is 0 Å². The van der Waals surface area contributed by atoms with Gasteiger partial charge in [0.1, 0.15) is 4.88 Å². The number of hydrogen-bond donors (Lipinski definition) is 2. The van der Waals surface area contributed by atoms with E-state index >= 15 is 0 Å². The number of thiazole rings is 1. The maximum absolute atomic E-state index is 12.7. The second-order valence-corrected chi connectivity index (χ2v) is 8.52. The number of rotatable bonds is 7. The fourth-order valence-electron chi connectivity index (χ4n) is 3.69. The molecule has 8 nitrogen and oxygen atoms in total. The molecule has 1 unspecified atom stereocenters. The van der Waals surface area contributed by atoms with Gasteiger partial charge in [0.15, 0.2) is 5.13 Å². The third kappa shape index (κ3) is 5.81. The summed E-state index contributed by atoms with van der Waals surface area (Å²) in [6.07, 6.45) is 3.40. The Kier molecular flexibility index (Phi) is 7.62. The summed E-state index contributed by atoms with van der Waals surface area (Å²) >= 11 is 1.33. The van der Waals surface area contributed by atoms with Crippen LogP contribution in [0.3, 0.4) is 0 Å². The van der Waals surface area contributed by atoms with Crippen LogP contribution in [0.2, 0.25) is 0 Å². The summed E-state index contributed by atoms with van der Waals surface area (Å²) in [4.78, 5) is 45.4. The van der Waals surface area contributed by atoms with E-state index in [0.717, 1.165) is 37.6 Å². The minimum absolute atomic E-state index is 0.0306. The second-order valence-electron chi connectivity index (χ2n) is 7.52. The van der Waals surface area contributed by atoms with Crippen LogP contribution >= 0.6 is 11.3 Å². The second kappa shape index (κ2) is 10.4. The Bertz CT molecular complexity index is 923. The van der Waals surface area contributed by atoms with Gasteiger partial charge in [-0.1, -0.05) is 11.3 Å². The van der Waals surface area contributed by atoms with E-state index in [-0.39, 0.29) is 23.6 Å². The van der Waals surface area contributed by atoms with Gasteiger partial charge >= 0.3 is 0 Å². The Morgan fingerprint density at radius 3 is 2.39 bits per heavy atom. The average molecular weight is 444 g/mol. The van der Waals surface area contributed by atoms with E-state index < -0.39 is 0 Å². The summed E-state index contributed by atoms with van der Waals surface area (Å²) in [5.74, 6) is -0.208. The van der Waals surface area contributed by atoms with Crippen molar-refractivity contribution in [2.45, 2.75) is 33.6 Å². The van der Waals surface area contributed by atoms with Crippen LogP contribution in [-0.4, -0.2) is 53.8 Å². The summed E-state index contributed by atoms with van der Waals surface area (Å²) in [6.45, 7) is 8.36. The molecule has 0 aliphatic carbocycles. The Hall–Kier alpha value is -2.94. The van der Waals surface area contributed by atoms with Gasteiger partial charge < -0.3 is 20.4 Å². The van der Waals surface area contributed by atoms with Crippen molar-refractivity contribution in [3.63, 3.8) is 0 Å². The molecular weight excluding hydrogens is 414 g/mol. The molecule has 0 bridgehead atoms. The highest BCUT2D eigenvalue weighted by atomic mass is 32.1. The SMILES string of the molecule is CCN(CC)C(=O)C1CCCN(c2ncc(C(=O)Nc3ccc(NC(C)=O)cc3)s2)C1. The van der Waals surface area contributed by atoms with Gasteiger partial charge in [0.05, 0.1) is 12.1 Å². The molecule has 3 amide bonds. The smallest absolute Gasteiger partial charge is 0.267 e. The topological polar surface area (TPSA) is 94.6 Å². The standard InChI is InChI=1S/C22H29N5O3S/c1-4-26(5-2)21(30)16-7-6-12-27(14-16)22-23-13-19(31-22)20(29)25-18-10-8-17(9-11-18)24-15(3)28/h8-11,13,16H,4-7,12,14H2,1-3H3,(H,24,28)(H,25,29). The van der Waals surface area contributed by atoms with Gasteiger partial charge in [0, 0.05) is 44.5 Å². The third-order valence-corrected chi connectivity index (χ3v) is 6.35. The molecule has 9 heteroatoms. The van der Waals surface area contributed by atoms with Crippen molar-refractivity contribution < 1.29 is 14.4 Å². The number of carbonyl (C=O) groups is 3. The quantitative estimate of drug-likeness (QED) is 0.684. The molecule has 0 spiro atoms. The predicted molar refractivity (Wildman–Crippen MR) is 124 cm³/mol. The van der Waals surface area contributed by atoms with E-state index in [1.165, 1.54) is 18.3 Å². The molecule has 2 heterocycles. The molecule has 2 N–H and O–H groups in total. The fraction of sp³-hybridized carbons (Fsp3) is 0.455. The Morgan fingerprint density at radius 1 is 1.13 bits per heavy atom. The molecule has 1 aromatic carbocycles. The van der Waals surface area contributed by atoms with E-state index in [2.05, 4.69) is 20.5 Å². The summed E-state index contributed by atoms with van der Waals surface area (Å²) in [5.41, 5.74) is 1.31. The molecule has 166 valence electrons. The Balaban J connectivity index is 1.62. The van der Waals surface area contributed by atoms with Crippen LogP contribution in [0.5, 0.6) is 0 Å². The van der Waals surface area contributed by atoms with Crippen LogP contribution in [0.4, 0.5) is 16.5 Å². The number of anilines is 3. The molecule has 31 heavy (non-hydrogen) atoms. The van der Waals surface area contributed by atoms with Crippen molar-refractivity contribution in [1.29, 1.82) is 0 Å². The van der Waals surface area contributed by atoms with Crippen LogP contribution in [-0.2, 0) is 9.59 Å². The van der Waals surface area contributed by atoms with E-state index in [1.807, 2.05) is 18.7 Å². The first kappa shape index (κ1) is 22.7. The van der Waals surface area contributed by atoms with Crippen molar-refractivity contribution in [1.82, 2.24) is 9.88 Å². The third-order valence-electron chi connectivity index (χ3n) is 5.30. The van der Waals surface area contributed by atoms with Crippen molar-refractivity contribution in [2.75, 3.05) is 41.7 Å². The first-order valence-corrected chi connectivity index (χ1v) is 11.4. The number of nitrogens with one attached hydrogen (secondary N) is 2. The van der Waals surface area contributed by atoms with Crippen LogP contribution in [0.1, 0.15) is 43.3 Å². The Morgan fingerprint density at radius 2 is 1.77 bits per heavy atom. The van der Waals surface area contributed by atoms with Crippen LogP contribution in [0.25, 0.3) is 0 Å². The summed E-state index contributed by atoms with van der Waals surface area (Å²) in [5, 5.41) is 6.31. The lowest BCUT2D eigenvalue weighted by atomic mass is 9.97. The summed E-state index contributed by atoms with van der Waals surface area (Å²) < 4.78 is 0.